The first-order valence-electron chi connectivity index (χ1n) is 14.3. The van der Waals surface area contributed by atoms with Crippen LogP contribution in [0.5, 0.6) is 0 Å². The number of aromatic nitrogens is 3. The molecule has 1 atom stereocenters. The average molecular weight is 628 g/mol. The van der Waals surface area contributed by atoms with Crippen LogP contribution < -0.4 is 10.9 Å². The second kappa shape index (κ2) is 15.9. The van der Waals surface area contributed by atoms with Crippen molar-refractivity contribution in [3.05, 3.63) is 142 Å². The number of thioether (sulfide) groups is 1. The van der Waals surface area contributed by atoms with E-state index in [1.807, 2.05) is 25.1 Å². The number of benzene rings is 2. The van der Waals surface area contributed by atoms with Crippen LogP contribution in [0.2, 0.25) is 0 Å². The number of nitrogens with one attached hydrogen (secondary N) is 2. The molecule has 4 rings (SSSR count). The van der Waals surface area contributed by atoms with Gasteiger partial charge in [0.25, 0.3) is 5.56 Å². The molecule has 0 aliphatic carbocycles. The van der Waals surface area contributed by atoms with E-state index in [2.05, 4.69) is 28.4 Å². The fourth-order valence-corrected chi connectivity index (χ4v) is 5.60. The smallest absolute Gasteiger partial charge is 0.286 e. The van der Waals surface area contributed by atoms with E-state index < -0.39 is 11.4 Å². The quantitative estimate of drug-likeness (QED) is 0.0620. The van der Waals surface area contributed by atoms with E-state index in [-0.39, 0.29) is 25.1 Å². The number of hydrogen-bond acceptors (Lipinski definition) is 7. The second-order valence-electron chi connectivity index (χ2n) is 10.1. The first kappa shape index (κ1) is 33.2. The van der Waals surface area contributed by atoms with Crippen LogP contribution in [0.3, 0.4) is 0 Å². The van der Waals surface area contributed by atoms with Crippen LogP contribution in [0.4, 0.5) is 14.5 Å². The van der Waals surface area contributed by atoms with Crippen molar-refractivity contribution in [3.63, 3.8) is 0 Å². The Morgan fingerprint density at radius 1 is 1.13 bits per heavy atom. The zero-order valence-corrected chi connectivity index (χ0v) is 26.0. The Morgan fingerprint density at radius 3 is 2.64 bits per heavy atom. The summed E-state index contributed by atoms with van der Waals surface area (Å²) in [4.78, 5) is 21.9. The summed E-state index contributed by atoms with van der Waals surface area (Å²) in [7, 11) is 1.76. The molecule has 2 aromatic carbocycles. The number of halogens is 2. The highest BCUT2D eigenvalue weighted by molar-refractivity contribution is 7.99. The van der Waals surface area contributed by atoms with Gasteiger partial charge in [-0.2, -0.15) is 0 Å². The van der Waals surface area contributed by atoms with Gasteiger partial charge in [0, 0.05) is 53.3 Å². The third-order valence-electron chi connectivity index (χ3n) is 6.99. The maximum absolute atomic E-state index is 14.9. The van der Waals surface area contributed by atoms with E-state index >= 15 is 0 Å². The standard InChI is InChI=1S/C35H35F2N5O2S/c1-5-9-25(6-2)33(44-22-26-10-7-8-11-29(26)36)14-15-45-35-40-23(3)16-32(41-35)28-18-30(37)34(43)42(21-28)20-24-12-13-31(39-4)27(17-24)19-38/h5-13,16-19,21,33,38-39H,1-2,14-15,20,22H2,3-4H3/b25-9+,38-19?. The number of nitrogens with zero attached hydrogens (tertiary/aromatic N) is 3. The SMILES string of the molecule is C=C/C=C(\C=C)C(CCSc1nc(C)cc(-c2cc(F)c(=O)n(Cc3ccc(NC)c(C=N)c3)c2)n1)OCc1ccccc1F. The fraction of sp³-hybridized carbons (Fsp3) is 0.200. The zero-order valence-electron chi connectivity index (χ0n) is 25.2. The van der Waals surface area contributed by atoms with E-state index in [0.717, 1.165) is 16.8 Å². The molecule has 4 aromatic rings. The molecule has 1 unspecified atom stereocenters. The summed E-state index contributed by atoms with van der Waals surface area (Å²) in [6, 6.07) is 14.8. The maximum atomic E-state index is 14.9. The molecule has 2 heterocycles. The molecule has 7 nitrogen and oxygen atoms in total. The van der Waals surface area contributed by atoms with Crippen LogP contribution in [0.15, 0.2) is 108 Å². The van der Waals surface area contributed by atoms with Gasteiger partial charge in [-0.05, 0) is 54.8 Å². The van der Waals surface area contributed by atoms with Gasteiger partial charge >= 0.3 is 0 Å². The van der Waals surface area contributed by atoms with Gasteiger partial charge in [0.15, 0.2) is 11.0 Å². The van der Waals surface area contributed by atoms with Crippen molar-refractivity contribution in [2.45, 2.75) is 37.8 Å². The third kappa shape index (κ3) is 8.71. The van der Waals surface area contributed by atoms with E-state index in [0.29, 0.717) is 45.4 Å². The predicted octanol–water partition coefficient (Wildman–Crippen LogP) is 7.35. The zero-order chi connectivity index (χ0) is 32.3. The molecule has 0 saturated carbocycles. The van der Waals surface area contributed by atoms with E-state index in [1.165, 1.54) is 34.7 Å². The second-order valence-corrected chi connectivity index (χ2v) is 11.2. The minimum absolute atomic E-state index is 0.0962. The predicted molar refractivity (Wildman–Crippen MR) is 178 cm³/mol. The first-order valence-corrected chi connectivity index (χ1v) is 15.2. The molecule has 2 aromatic heterocycles. The molecule has 0 aliphatic rings. The van der Waals surface area contributed by atoms with Crippen LogP contribution in [0.25, 0.3) is 11.3 Å². The molecule has 0 fully saturated rings. The Kier molecular flexibility index (Phi) is 11.7. The lowest BCUT2D eigenvalue weighted by Gasteiger charge is -2.19. The van der Waals surface area contributed by atoms with Crippen LogP contribution in [-0.4, -0.2) is 39.7 Å². The summed E-state index contributed by atoms with van der Waals surface area (Å²) >= 11 is 1.41. The van der Waals surface area contributed by atoms with Crippen molar-refractivity contribution < 1.29 is 13.5 Å². The number of allylic oxidation sites excluding steroid dienone is 2. The van der Waals surface area contributed by atoms with Crippen molar-refractivity contribution in [1.82, 2.24) is 14.5 Å². The summed E-state index contributed by atoms with van der Waals surface area (Å²) in [5, 5.41) is 11.2. The van der Waals surface area contributed by atoms with Gasteiger partial charge in [-0.25, -0.2) is 18.7 Å². The van der Waals surface area contributed by atoms with Gasteiger partial charge in [0.1, 0.15) is 5.82 Å². The molecule has 232 valence electrons. The molecule has 2 N–H and O–H groups in total. The van der Waals surface area contributed by atoms with Crippen LogP contribution in [0, 0.1) is 24.0 Å². The van der Waals surface area contributed by atoms with Gasteiger partial charge in [-0.15, -0.1) is 0 Å². The Labute approximate surface area is 265 Å². The monoisotopic (exact) mass is 627 g/mol. The van der Waals surface area contributed by atoms with Crippen molar-refractivity contribution >= 4 is 23.7 Å². The number of aryl methyl sites for hydroxylation is 1. The lowest BCUT2D eigenvalue weighted by molar-refractivity contribution is 0.0633. The van der Waals surface area contributed by atoms with Crippen molar-refractivity contribution in [2.24, 2.45) is 0 Å². The van der Waals surface area contributed by atoms with Gasteiger partial charge < -0.3 is 20.0 Å². The number of rotatable bonds is 15. The van der Waals surface area contributed by atoms with Crippen LogP contribution >= 0.6 is 11.8 Å². The van der Waals surface area contributed by atoms with E-state index in [4.69, 9.17) is 10.1 Å². The Bertz CT molecular complexity index is 1790. The summed E-state index contributed by atoms with van der Waals surface area (Å²) in [5.41, 5.74) is 4.32. The number of hydrogen-bond donors (Lipinski definition) is 2. The lowest BCUT2D eigenvalue weighted by Crippen LogP contribution is -2.23. The highest BCUT2D eigenvalue weighted by atomic mass is 32.2. The van der Waals surface area contributed by atoms with Gasteiger partial charge in [0.2, 0.25) is 0 Å². The molecule has 0 aliphatic heterocycles. The number of anilines is 1. The van der Waals surface area contributed by atoms with Crippen molar-refractivity contribution in [2.75, 3.05) is 18.1 Å². The summed E-state index contributed by atoms with van der Waals surface area (Å²) in [5.74, 6) is -0.651. The molecule has 0 saturated heterocycles. The molecule has 0 radical (unpaired) electrons. The van der Waals surface area contributed by atoms with Crippen LogP contribution in [-0.2, 0) is 17.9 Å². The number of pyridine rings is 1. The highest BCUT2D eigenvalue weighted by Gasteiger charge is 2.16. The van der Waals surface area contributed by atoms with E-state index in [1.54, 1.807) is 55.7 Å². The van der Waals surface area contributed by atoms with Gasteiger partial charge in [-0.3, -0.25) is 4.79 Å². The van der Waals surface area contributed by atoms with Crippen molar-refractivity contribution in [3.8, 4) is 11.3 Å². The summed E-state index contributed by atoms with van der Waals surface area (Å²) in [6.45, 7) is 9.71. The normalized spacial score (nSPS) is 12.0. The van der Waals surface area contributed by atoms with Gasteiger partial charge in [0.05, 0.1) is 24.9 Å². The summed E-state index contributed by atoms with van der Waals surface area (Å²) < 4.78 is 36.5. The van der Waals surface area contributed by atoms with Crippen LogP contribution in [0.1, 0.15) is 28.8 Å². The molecular formula is C35H35F2N5O2S. The molecule has 10 heteroatoms. The minimum Gasteiger partial charge on any atom is -0.388 e. The first-order chi connectivity index (χ1) is 21.8. The third-order valence-corrected chi connectivity index (χ3v) is 7.87. The molecule has 0 bridgehead atoms. The molecular weight excluding hydrogens is 592 g/mol. The lowest BCUT2D eigenvalue weighted by atomic mass is 10.1. The highest BCUT2D eigenvalue weighted by Crippen LogP contribution is 2.25. The molecule has 0 amide bonds. The molecule has 0 spiro atoms. The van der Waals surface area contributed by atoms with E-state index in [9.17, 15) is 13.6 Å². The Balaban J connectivity index is 1.53. The molecule has 45 heavy (non-hydrogen) atoms. The Hall–Kier alpha value is -4.67. The average Bonchev–Trinajstić information content (AvgIpc) is 3.04. The van der Waals surface area contributed by atoms with Crippen molar-refractivity contribution in [1.29, 1.82) is 5.41 Å². The largest absolute Gasteiger partial charge is 0.388 e. The minimum atomic E-state index is -0.891. The maximum Gasteiger partial charge on any atom is 0.286 e. The number of ether oxygens (including phenoxy) is 1. The Morgan fingerprint density at radius 2 is 1.93 bits per heavy atom. The van der Waals surface area contributed by atoms with Gasteiger partial charge in [-0.1, -0.05) is 67.4 Å². The summed E-state index contributed by atoms with van der Waals surface area (Å²) in [6.07, 6.45) is 8.16. The fourth-order valence-electron chi connectivity index (χ4n) is 4.72. The topological polar surface area (TPSA) is 92.9 Å².